The van der Waals surface area contributed by atoms with Gasteiger partial charge < -0.3 is 15.5 Å². The molecule has 0 saturated carbocycles. The molecule has 0 bridgehead atoms. The number of carbonyl (C=O) groups is 3. The van der Waals surface area contributed by atoms with E-state index >= 15 is 0 Å². The highest BCUT2D eigenvalue weighted by molar-refractivity contribution is 5.98. The van der Waals surface area contributed by atoms with E-state index < -0.39 is 35.2 Å². The fourth-order valence-electron chi connectivity index (χ4n) is 1.83. The number of nitro groups is 1. The van der Waals surface area contributed by atoms with Crippen molar-refractivity contribution >= 4 is 23.5 Å². The van der Waals surface area contributed by atoms with Crippen LogP contribution in [0.4, 0.5) is 5.69 Å². The van der Waals surface area contributed by atoms with Gasteiger partial charge in [-0.15, -0.1) is 0 Å². The van der Waals surface area contributed by atoms with Crippen LogP contribution in [-0.2, 0) is 9.59 Å². The smallest absolute Gasteiger partial charge is 0.326 e. The molecule has 0 spiro atoms. The Kier molecular flexibility index (Phi) is 5.56. The Bertz CT molecular complexity index is 627. The normalized spacial score (nSPS) is 11.5. The lowest BCUT2D eigenvalue weighted by atomic mass is 10.0. The fourth-order valence-corrected chi connectivity index (χ4v) is 1.83. The maximum Gasteiger partial charge on any atom is 0.326 e. The Balaban J connectivity index is 2.95. The Morgan fingerprint density at radius 1 is 1.32 bits per heavy atom. The predicted molar refractivity (Wildman–Crippen MR) is 73.6 cm³/mol. The highest BCUT2D eigenvalue weighted by atomic mass is 16.6. The number of carboxylic acids is 2. The minimum absolute atomic E-state index is 0.0317. The van der Waals surface area contributed by atoms with Crippen LogP contribution < -0.4 is 5.32 Å². The summed E-state index contributed by atoms with van der Waals surface area (Å²) in [7, 11) is 0. The molecule has 0 heterocycles. The maximum atomic E-state index is 12.1. The molecule has 0 aromatic heterocycles. The van der Waals surface area contributed by atoms with Crippen molar-refractivity contribution in [1.29, 1.82) is 0 Å². The van der Waals surface area contributed by atoms with Gasteiger partial charge >= 0.3 is 11.9 Å². The van der Waals surface area contributed by atoms with Crippen LogP contribution in [0.2, 0.25) is 0 Å². The number of benzene rings is 1. The van der Waals surface area contributed by atoms with Gasteiger partial charge in [0.25, 0.3) is 11.6 Å². The molecule has 1 atom stereocenters. The molecular formula is C13H14N2O7. The number of nitrogens with one attached hydrogen (secondary N) is 1. The van der Waals surface area contributed by atoms with Gasteiger partial charge in [-0.25, -0.2) is 4.79 Å². The van der Waals surface area contributed by atoms with E-state index in [-0.39, 0.29) is 23.2 Å². The standard InChI is InChI=1S/C13H14N2O7/c1-7-8(3-2-4-10(7)15(21)22)12(18)14-9(13(19)20)5-6-11(16)17/h2-4,9H,5-6H2,1H3,(H,14,18)(H,16,17)(H,19,20)/t9-/m0/s1. The molecule has 22 heavy (non-hydrogen) atoms. The molecule has 3 N–H and O–H groups in total. The van der Waals surface area contributed by atoms with Crippen molar-refractivity contribution in [1.82, 2.24) is 5.32 Å². The highest BCUT2D eigenvalue weighted by Gasteiger charge is 2.24. The summed E-state index contributed by atoms with van der Waals surface area (Å²) in [5, 5.41) is 30.5. The molecule has 0 radical (unpaired) electrons. The minimum Gasteiger partial charge on any atom is -0.481 e. The minimum atomic E-state index is -1.39. The van der Waals surface area contributed by atoms with Crippen molar-refractivity contribution in [3.8, 4) is 0 Å². The largest absolute Gasteiger partial charge is 0.481 e. The van der Waals surface area contributed by atoms with E-state index in [1.165, 1.54) is 25.1 Å². The van der Waals surface area contributed by atoms with Crippen LogP contribution >= 0.6 is 0 Å². The molecule has 0 aliphatic heterocycles. The third kappa shape index (κ3) is 4.27. The van der Waals surface area contributed by atoms with E-state index in [2.05, 4.69) is 5.32 Å². The van der Waals surface area contributed by atoms with Crippen molar-refractivity contribution in [3.05, 3.63) is 39.4 Å². The first-order chi connectivity index (χ1) is 10.2. The quantitative estimate of drug-likeness (QED) is 0.501. The Morgan fingerprint density at radius 2 is 1.95 bits per heavy atom. The van der Waals surface area contributed by atoms with Crippen LogP contribution in [-0.4, -0.2) is 39.0 Å². The first-order valence-corrected chi connectivity index (χ1v) is 6.23. The number of rotatable bonds is 7. The van der Waals surface area contributed by atoms with E-state index in [1.807, 2.05) is 0 Å². The second-order valence-corrected chi connectivity index (χ2v) is 4.50. The monoisotopic (exact) mass is 310 g/mol. The van der Waals surface area contributed by atoms with Gasteiger partial charge in [-0.3, -0.25) is 19.7 Å². The van der Waals surface area contributed by atoms with Gasteiger partial charge in [0.05, 0.1) is 4.92 Å². The maximum absolute atomic E-state index is 12.1. The van der Waals surface area contributed by atoms with Gasteiger partial charge in [0.2, 0.25) is 0 Å². The summed E-state index contributed by atoms with van der Waals surface area (Å²) in [4.78, 5) is 43.7. The number of hydrogen-bond acceptors (Lipinski definition) is 5. The molecule has 9 heteroatoms. The molecule has 1 amide bonds. The highest BCUT2D eigenvalue weighted by Crippen LogP contribution is 2.21. The Morgan fingerprint density at radius 3 is 2.45 bits per heavy atom. The van der Waals surface area contributed by atoms with Crippen molar-refractivity contribution in [2.75, 3.05) is 0 Å². The number of amides is 1. The molecule has 118 valence electrons. The molecule has 0 fully saturated rings. The van der Waals surface area contributed by atoms with Crippen LogP contribution in [0.15, 0.2) is 18.2 Å². The van der Waals surface area contributed by atoms with Crippen LogP contribution in [0.3, 0.4) is 0 Å². The average Bonchev–Trinajstić information content (AvgIpc) is 2.42. The fraction of sp³-hybridized carbons (Fsp3) is 0.308. The lowest BCUT2D eigenvalue weighted by molar-refractivity contribution is -0.385. The van der Waals surface area contributed by atoms with Gasteiger partial charge in [0.15, 0.2) is 0 Å². The first-order valence-electron chi connectivity index (χ1n) is 6.23. The van der Waals surface area contributed by atoms with E-state index in [1.54, 1.807) is 0 Å². The van der Waals surface area contributed by atoms with E-state index in [4.69, 9.17) is 10.2 Å². The van der Waals surface area contributed by atoms with Crippen LogP contribution in [0.5, 0.6) is 0 Å². The second kappa shape index (κ2) is 7.16. The van der Waals surface area contributed by atoms with E-state index in [0.717, 1.165) is 0 Å². The Hall–Kier alpha value is -2.97. The zero-order valence-electron chi connectivity index (χ0n) is 11.6. The third-order valence-corrected chi connectivity index (χ3v) is 3.00. The number of carbonyl (C=O) groups excluding carboxylic acids is 1. The molecular weight excluding hydrogens is 296 g/mol. The van der Waals surface area contributed by atoms with E-state index in [0.29, 0.717) is 0 Å². The number of carboxylic acid groups (broad SMARTS) is 2. The molecule has 0 aliphatic rings. The number of nitro benzene ring substituents is 1. The van der Waals surface area contributed by atoms with Gasteiger partial charge in [-0.2, -0.15) is 0 Å². The van der Waals surface area contributed by atoms with Crippen LogP contribution in [0.25, 0.3) is 0 Å². The van der Waals surface area contributed by atoms with Gasteiger partial charge in [0, 0.05) is 23.6 Å². The lowest BCUT2D eigenvalue weighted by Crippen LogP contribution is -2.41. The molecule has 1 rings (SSSR count). The van der Waals surface area contributed by atoms with Crippen LogP contribution in [0, 0.1) is 17.0 Å². The summed E-state index contributed by atoms with van der Waals surface area (Å²) >= 11 is 0. The molecule has 1 aromatic rings. The second-order valence-electron chi connectivity index (χ2n) is 4.50. The lowest BCUT2D eigenvalue weighted by Gasteiger charge is -2.14. The topological polar surface area (TPSA) is 147 Å². The molecule has 0 saturated heterocycles. The van der Waals surface area contributed by atoms with Crippen molar-refractivity contribution < 1.29 is 29.5 Å². The summed E-state index contributed by atoms with van der Waals surface area (Å²) in [6.07, 6.45) is -0.713. The zero-order valence-corrected chi connectivity index (χ0v) is 11.6. The average molecular weight is 310 g/mol. The summed E-state index contributed by atoms with van der Waals surface area (Å²) in [6.45, 7) is 1.38. The Labute approximate surface area is 124 Å². The van der Waals surface area contributed by atoms with Crippen LogP contribution in [0.1, 0.15) is 28.8 Å². The summed E-state index contributed by atoms with van der Waals surface area (Å²) < 4.78 is 0. The number of nitrogens with zero attached hydrogens (tertiary/aromatic N) is 1. The van der Waals surface area contributed by atoms with Gasteiger partial charge in [0.1, 0.15) is 6.04 Å². The van der Waals surface area contributed by atoms with Gasteiger partial charge in [-0.1, -0.05) is 6.07 Å². The molecule has 9 nitrogen and oxygen atoms in total. The number of hydrogen-bond donors (Lipinski definition) is 3. The first kappa shape index (κ1) is 17.1. The SMILES string of the molecule is Cc1c(C(=O)N[C@@H](CCC(=O)O)C(=O)O)cccc1[N+](=O)[O-]. The molecule has 0 aliphatic carbocycles. The van der Waals surface area contributed by atoms with Crippen molar-refractivity contribution in [3.63, 3.8) is 0 Å². The van der Waals surface area contributed by atoms with Crippen molar-refractivity contribution in [2.24, 2.45) is 0 Å². The molecule has 1 aromatic carbocycles. The summed E-state index contributed by atoms with van der Waals surface area (Å²) in [5.41, 5.74) is -0.187. The summed E-state index contributed by atoms with van der Waals surface area (Å²) in [6, 6.07) is 2.48. The predicted octanol–water partition coefficient (Wildman–Crippen LogP) is 0.951. The molecule has 0 unspecified atom stereocenters. The van der Waals surface area contributed by atoms with E-state index in [9.17, 15) is 24.5 Å². The van der Waals surface area contributed by atoms with Crippen molar-refractivity contribution in [2.45, 2.75) is 25.8 Å². The third-order valence-electron chi connectivity index (χ3n) is 3.00. The summed E-state index contributed by atoms with van der Waals surface area (Å²) in [5.74, 6) is -3.37. The van der Waals surface area contributed by atoms with Gasteiger partial charge in [-0.05, 0) is 19.4 Å². The number of aliphatic carboxylic acids is 2. The zero-order chi connectivity index (χ0) is 16.9.